The maximum Gasteiger partial charge on any atom is 0.358 e. The van der Waals surface area contributed by atoms with E-state index < -0.39 is 23.8 Å². The number of aromatic nitrogens is 3. The van der Waals surface area contributed by atoms with Gasteiger partial charge in [0.05, 0.1) is 0 Å². The summed E-state index contributed by atoms with van der Waals surface area (Å²) in [6.07, 6.45) is -2.24. The van der Waals surface area contributed by atoms with Crippen molar-refractivity contribution in [3.63, 3.8) is 0 Å². The molecule has 1 heterocycles. The Morgan fingerprint density at radius 3 is 2.56 bits per heavy atom. The Balaban J connectivity index is 2.96. The number of rotatable bonds is 5. The molecule has 0 fully saturated rings. The van der Waals surface area contributed by atoms with Gasteiger partial charge in [-0.15, -0.1) is 5.10 Å². The molecule has 0 saturated carbocycles. The Labute approximate surface area is 91.1 Å². The Kier molecular flexibility index (Phi) is 3.92. The minimum Gasteiger partial charge on any atom is -0.476 e. The molecule has 7 heteroatoms. The summed E-state index contributed by atoms with van der Waals surface area (Å²) < 4.78 is 26.3. The highest BCUT2D eigenvalue weighted by atomic mass is 19.3. The van der Waals surface area contributed by atoms with Gasteiger partial charge in [0.25, 0.3) is 6.43 Å². The van der Waals surface area contributed by atoms with Gasteiger partial charge in [0.2, 0.25) is 0 Å². The highest BCUT2D eigenvalue weighted by molar-refractivity contribution is 5.86. The van der Waals surface area contributed by atoms with Crippen molar-refractivity contribution in [2.45, 2.75) is 33.2 Å². The van der Waals surface area contributed by atoms with Gasteiger partial charge in [-0.05, 0) is 12.3 Å². The number of carboxylic acid groups (broad SMARTS) is 1. The first-order valence-electron chi connectivity index (χ1n) is 4.88. The predicted molar refractivity (Wildman–Crippen MR) is 51.4 cm³/mol. The van der Waals surface area contributed by atoms with Crippen LogP contribution in [-0.4, -0.2) is 26.1 Å². The zero-order valence-corrected chi connectivity index (χ0v) is 9.02. The molecule has 16 heavy (non-hydrogen) atoms. The van der Waals surface area contributed by atoms with Crippen molar-refractivity contribution < 1.29 is 18.7 Å². The topological polar surface area (TPSA) is 68.0 Å². The number of carbonyl (C=O) groups is 1. The molecule has 0 aliphatic heterocycles. The summed E-state index contributed by atoms with van der Waals surface area (Å²) >= 11 is 0. The molecule has 5 nitrogen and oxygen atoms in total. The van der Waals surface area contributed by atoms with Crippen LogP contribution < -0.4 is 0 Å². The fourth-order valence-electron chi connectivity index (χ4n) is 1.23. The van der Waals surface area contributed by atoms with Crippen molar-refractivity contribution in [2.75, 3.05) is 0 Å². The molecule has 0 spiro atoms. The van der Waals surface area contributed by atoms with Gasteiger partial charge in [0.1, 0.15) is 5.69 Å². The van der Waals surface area contributed by atoms with Gasteiger partial charge in [-0.2, -0.15) is 0 Å². The molecule has 1 N–H and O–H groups in total. The van der Waals surface area contributed by atoms with E-state index >= 15 is 0 Å². The fourth-order valence-corrected chi connectivity index (χ4v) is 1.23. The highest BCUT2D eigenvalue weighted by Crippen LogP contribution is 2.22. The molecule has 0 aliphatic rings. The monoisotopic (exact) mass is 233 g/mol. The second kappa shape index (κ2) is 5.00. The van der Waals surface area contributed by atoms with Crippen molar-refractivity contribution in [3.05, 3.63) is 11.4 Å². The lowest BCUT2D eigenvalue weighted by Gasteiger charge is -2.07. The van der Waals surface area contributed by atoms with Crippen LogP contribution >= 0.6 is 0 Å². The van der Waals surface area contributed by atoms with Crippen LogP contribution in [0.2, 0.25) is 0 Å². The van der Waals surface area contributed by atoms with Crippen LogP contribution in [0.25, 0.3) is 0 Å². The number of aryl methyl sites for hydroxylation is 1. The molecule has 0 radical (unpaired) electrons. The number of nitrogens with zero attached hydrogens (tertiary/aromatic N) is 3. The zero-order chi connectivity index (χ0) is 12.3. The first-order valence-corrected chi connectivity index (χ1v) is 4.88. The quantitative estimate of drug-likeness (QED) is 0.844. The van der Waals surface area contributed by atoms with Crippen LogP contribution in [0.15, 0.2) is 0 Å². The van der Waals surface area contributed by atoms with Crippen LogP contribution in [0, 0.1) is 5.92 Å². The lowest BCUT2D eigenvalue weighted by molar-refractivity contribution is 0.0675. The third-order valence-electron chi connectivity index (χ3n) is 2.10. The number of carboxylic acids is 1. The molecule has 0 aromatic carbocycles. The molecule has 0 bridgehead atoms. The van der Waals surface area contributed by atoms with Gasteiger partial charge in [0.15, 0.2) is 5.69 Å². The average molecular weight is 233 g/mol. The summed E-state index contributed by atoms with van der Waals surface area (Å²) in [5.74, 6) is -1.16. The smallest absolute Gasteiger partial charge is 0.358 e. The van der Waals surface area contributed by atoms with Crippen LogP contribution in [0.4, 0.5) is 8.78 Å². The van der Waals surface area contributed by atoms with E-state index in [4.69, 9.17) is 5.11 Å². The molecule has 1 rings (SSSR count). The fraction of sp³-hybridized carbons (Fsp3) is 0.667. The number of alkyl halides is 2. The number of halogens is 2. The largest absolute Gasteiger partial charge is 0.476 e. The number of aromatic carboxylic acids is 1. The molecule has 0 amide bonds. The van der Waals surface area contributed by atoms with E-state index in [1.54, 1.807) is 0 Å². The molecule has 0 atom stereocenters. The molecular weight excluding hydrogens is 220 g/mol. The maximum atomic E-state index is 12.6. The van der Waals surface area contributed by atoms with Crippen LogP contribution in [0.5, 0.6) is 0 Å². The molecular formula is C9H13F2N3O2. The number of hydrogen-bond donors (Lipinski definition) is 1. The molecule has 90 valence electrons. The molecule has 0 aliphatic carbocycles. The minimum absolute atomic E-state index is 0.248. The van der Waals surface area contributed by atoms with Crippen molar-refractivity contribution >= 4 is 5.97 Å². The summed E-state index contributed by atoms with van der Waals surface area (Å²) in [7, 11) is 0. The Hall–Kier alpha value is -1.53. The van der Waals surface area contributed by atoms with Gasteiger partial charge in [-0.3, -0.25) is 0 Å². The van der Waals surface area contributed by atoms with Gasteiger partial charge in [-0.25, -0.2) is 18.3 Å². The van der Waals surface area contributed by atoms with Crippen molar-refractivity contribution in [1.29, 1.82) is 0 Å². The summed E-state index contributed by atoms with van der Waals surface area (Å²) in [6.45, 7) is 4.13. The van der Waals surface area contributed by atoms with Crippen LogP contribution in [0.3, 0.4) is 0 Å². The summed E-state index contributed by atoms with van der Waals surface area (Å²) in [4.78, 5) is 10.6. The first-order chi connectivity index (χ1) is 7.43. The van der Waals surface area contributed by atoms with E-state index in [-0.39, 0.29) is 6.54 Å². The molecule has 0 saturated heterocycles. The van der Waals surface area contributed by atoms with E-state index in [2.05, 4.69) is 10.3 Å². The Bertz CT molecular complexity index is 377. The zero-order valence-electron chi connectivity index (χ0n) is 9.02. The van der Waals surface area contributed by atoms with Gasteiger partial charge < -0.3 is 5.11 Å². The Morgan fingerprint density at radius 2 is 2.12 bits per heavy atom. The third kappa shape index (κ3) is 2.74. The van der Waals surface area contributed by atoms with Gasteiger partial charge >= 0.3 is 5.97 Å². The lowest BCUT2D eigenvalue weighted by atomic mass is 10.1. The van der Waals surface area contributed by atoms with Crippen LogP contribution in [0.1, 0.15) is 42.9 Å². The lowest BCUT2D eigenvalue weighted by Crippen LogP contribution is -2.10. The van der Waals surface area contributed by atoms with Crippen molar-refractivity contribution in [2.24, 2.45) is 5.92 Å². The SMILES string of the molecule is CC(C)CCn1nnc(C(=O)O)c1C(F)F. The van der Waals surface area contributed by atoms with E-state index in [9.17, 15) is 13.6 Å². The van der Waals surface area contributed by atoms with Gasteiger partial charge in [0, 0.05) is 6.54 Å². The van der Waals surface area contributed by atoms with Crippen molar-refractivity contribution in [1.82, 2.24) is 15.0 Å². The average Bonchev–Trinajstić information content (AvgIpc) is 2.57. The molecule has 0 unspecified atom stereocenters. The van der Waals surface area contributed by atoms with Gasteiger partial charge in [-0.1, -0.05) is 19.1 Å². The van der Waals surface area contributed by atoms with E-state index in [0.29, 0.717) is 12.3 Å². The van der Waals surface area contributed by atoms with E-state index in [1.807, 2.05) is 13.8 Å². The second-order valence-corrected chi connectivity index (χ2v) is 3.83. The predicted octanol–water partition coefficient (Wildman–Crippen LogP) is 1.96. The summed E-state index contributed by atoms with van der Waals surface area (Å²) in [5.41, 5.74) is -1.29. The van der Waals surface area contributed by atoms with E-state index in [1.165, 1.54) is 0 Å². The summed E-state index contributed by atoms with van der Waals surface area (Å²) in [5, 5.41) is 15.3. The summed E-state index contributed by atoms with van der Waals surface area (Å²) in [6, 6.07) is 0. The molecule has 1 aromatic heterocycles. The van der Waals surface area contributed by atoms with Crippen LogP contribution in [-0.2, 0) is 6.54 Å². The highest BCUT2D eigenvalue weighted by Gasteiger charge is 2.25. The Morgan fingerprint density at radius 1 is 1.50 bits per heavy atom. The second-order valence-electron chi connectivity index (χ2n) is 3.83. The standard InChI is InChI=1S/C9H13F2N3O2/c1-5(2)3-4-14-7(8(10)11)6(9(15)16)12-13-14/h5,8H,3-4H2,1-2H3,(H,15,16). The first kappa shape index (κ1) is 12.5. The normalized spacial score (nSPS) is 11.4. The minimum atomic E-state index is -2.88. The maximum absolute atomic E-state index is 12.6. The van der Waals surface area contributed by atoms with Crippen molar-refractivity contribution in [3.8, 4) is 0 Å². The third-order valence-corrected chi connectivity index (χ3v) is 2.10. The number of hydrogen-bond acceptors (Lipinski definition) is 3. The molecule has 1 aromatic rings. The van der Waals surface area contributed by atoms with E-state index in [0.717, 1.165) is 4.68 Å².